The lowest BCUT2D eigenvalue weighted by Crippen LogP contribution is -2.61. The minimum atomic E-state index is -1.04. The fraction of sp³-hybridized carbons (Fsp3) is 0.926. The van der Waals surface area contributed by atoms with Crippen molar-refractivity contribution in [1.29, 1.82) is 0 Å². The van der Waals surface area contributed by atoms with Crippen molar-refractivity contribution >= 4 is 0 Å². The van der Waals surface area contributed by atoms with Crippen LogP contribution in [0, 0.1) is 57.7 Å². The Bertz CT molecular complexity index is 789. The van der Waals surface area contributed by atoms with E-state index in [1.165, 1.54) is 19.3 Å². The van der Waals surface area contributed by atoms with Crippen molar-refractivity contribution in [3.63, 3.8) is 0 Å². The molecule has 0 aromatic rings. The molecule has 0 unspecified atom stereocenters. The molecule has 0 aromatic carbocycles. The van der Waals surface area contributed by atoms with Gasteiger partial charge in [-0.25, -0.2) is 0 Å². The highest BCUT2D eigenvalue weighted by atomic mass is 16.7. The van der Waals surface area contributed by atoms with Crippen LogP contribution >= 0.6 is 0 Å². The molecule has 31 heavy (non-hydrogen) atoms. The topological polar surface area (TPSA) is 58.9 Å². The molecule has 1 spiro atoms. The Morgan fingerprint density at radius 2 is 1.65 bits per heavy atom. The monoisotopic (exact) mass is 430 g/mol. The molecular formula is C27H42O4. The molecule has 4 saturated carbocycles. The largest absolute Gasteiger partial charge is 0.384 e. The average Bonchev–Trinajstić information content (AvgIpc) is 3.22. The van der Waals surface area contributed by atoms with Crippen LogP contribution in [0.2, 0.25) is 0 Å². The minimum absolute atomic E-state index is 0.186. The van der Waals surface area contributed by atoms with Crippen molar-refractivity contribution < 1.29 is 19.7 Å². The van der Waals surface area contributed by atoms with E-state index in [9.17, 15) is 10.2 Å². The van der Waals surface area contributed by atoms with E-state index in [1.54, 1.807) is 0 Å². The van der Waals surface area contributed by atoms with Gasteiger partial charge in [0.1, 0.15) is 12.2 Å². The first kappa shape index (κ1) is 22.2. The third-order valence-corrected chi connectivity index (χ3v) is 11.3. The molecule has 1 saturated heterocycles. The van der Waals surface area contributed by atoms with Gasteiger partial charge in [-0.1, -0.05) is 46.5 Å². The minimum Gasteiger partial charge on any atom is -0.384 e. The molecule has 4 nitrogen and oxygen atoms in total. The van der Waals surface area contributed by atoms with Crippen molar-refractivity contribution in [3.05, 3.63) is 0 Å². The molecule has 2 N–H and O–H groups in total. The van der Waals surface area contributed by atoms with Crippen LogP contribution < -0.4 is 0 Å². The summed E-state index contributed by atoms with van der Waals surface area (Å²) >= 11 is 0. The lowest BCUT2D eigenvalue weighted by molar-refractivity contribution is -0.249. The summed E-state index contributed by atoms with van der Waals surface area (Å²) < 4.78 is 12.3. The highest BCUT2D eigenvalue weighted by Gasteiger charge is 2.71. The van der Waals surface area contributed by atoms with Crippen LogP contribution in [0.15, 0.2) is 0 Å². The fourth-order valence-electron chi connectivity index (χ4n) is 9.53. The summed E-state index contributed by atoms with van der Waals surface area (Å²) in [5, 5.41) is 21.3. The van der Waals surface area contributed by atoms with Gasteiger partial charge >= 0.3 is 0 Å². The number of fused-ring (bicyclic) bond motifs is 5. The van der Waals surface area contributed by atoms with E-state index in [0.29, 0.717) is 35.0 Å². The Kier molecular flexibility index (Phi) is 4.98. The van der Waals surface area contributed by atoms with E-state index in [4.69, 9.17) is 9.47 Å². The van der Waals surface area contributed by atoms with Crippen LogP contribution in [-0.2, 0) is 9.47 Å². The van der Waals surface area contributed by atoms with Gasteiger partial charge < -0.3 is 19.7 Å². The van der Waals surface area contributed by atoms with E-state index < -0.39 is 5.60 Å². The summed E-state index contributed by atoms with van der Waals surface area (Å²) in [6.07, 6.45) is 7.76. The molecule has 0 radical (unpaired) electrons. The smallest absolute Gasteiger partial charge is 0.169 e. The van der Waals surface area contributed by atoms with Gasteiger partial charge in [-0.05, 0) is 67.1 Å². The van der Waals surface area contributed by atoms with Crippen molar-refractivity contribution in [1.82, 2.24) is 0 Å². The van der Waals surface area contributed by atoms with Crippen LogP contribution in [0.25, 0.3) is 0 Å². The third-order valence-electron chi connectivity index (χ3n) is 11.3. The van der Waals surface area contributed by atoms with Crippen LogP contribution in [-0.4, -0.2) is 41.4 Å². The van der Waals surface area contributed by atoms with E-state index in [1.807, 2.05) is 0 Å². The van der Waals surface area contributed by atoms with Gasteiger partial charge in [0.25, 0.3) is 0 Å². The number of hydrogen-bond donors (Lipinski definition) is 2. The second-order valence-electron chi connectivity index (χ2n) is 12.6. The van der Waals surface area contributed by atoms with Crippen LogP contribution in [0.5, 0.6) is 0 Å². The van der Waals surface area contributed by atoms with Crippen molar-refractivity contribution in [3.8, 4) is 11.8 Å². The molecule has 4 heteroatoms. The van der Waals surface area contributed by atoms with E-state index in [2.05, 4.69) is 46.5 Å². The Morgan fingerprint density at radius 1 is 0.935 bits per heavy atom. The highest BCUT2D eigenvalue weighted by Crippen LogP contribution is 2.72. The second kappa shape index (κ2) is 6.95. The molecular weight excluding hydrogens is 388 g/mol. The highest BCUT2D eigenvalue weighted by molar-refractivity contribution is 5.31. The van der Waals surface area contributed by atoms with Crippen LogP contribution in [0.3, 0.4) is 0 Å². The molecule has 8 atom stereocenters. The van der Waals surface area contributed by atoms with Crippen molar-refractivity contribution in [2.75, 3.05) is 19.8 Å². The van der Waals surface area contributed by atoms with Gasteiger partial charge in [0, 0.05) is 23.7 Å². The zero-order valence-electron chi connectivity index (χ0n) is 20.2. The number of rotatable bonds is 0. The summed E-state index contributed by atoms with van der Waals surface area (Å²) in [4.78, 5) is 0. The first-order valence-corrected chi connectivity index (χ1v) is 12.6. The molecule has 0 amide bonds. The molecule has 5 rings (SSSR count). The van der Waals surface area contributed by atoms with Gasteiger partial charge in [-0.2, -0.15) is 0 Å². The van der Waals surface area contributed by atoms with E-state index >= 15 is 0 Å². The average molecular weight is 431 g/mol. The van der Waals surface area contributed by atoms with Gasteiger partial charge in [0.2, 0.25) is 0 Å². The van der Waals surface area contributed by atoms with Crippen molar-refractivity contribution in [2.24, 2.45) is 45.8 Å². The van der Waals surface area contributed by atoms with Gasteiger partial charge in [-0.3, -0.25) is 0 Å². The maximum Gasteiger partial charge on any atom is 0.169 e. The first-order chi connectivity index (χ1) is 14.5. The summed E-state index contributed by atoms with van der Waals surface area (Å²) in [7, 11) is 0. The molecule has 5 aliphatic rings. The summed E-state index contributed by atoms with van der Waals surface area (Å²) in [5.74, 6) is 8.73. The van der Waals surface area contributed by atoms with Crippen molar-refractivity contribution in [2.45, 2.75) is 91.0 Å². The predicted octanol–water partition coefficient (Wildman–Crippen LogP) is 4.38. The molecule has 0 bridgehead atoms. The maximum absolute atomic E-state index is 12.0. The quantitative estimate of drug-likeness (QED) is 0.560. The predicted molar refractivity (Wildman–Crippen MR) is 120 cm³/mol. The molecule has 4 aliphatic carbocycles. The Labute approximate surface area is 188 Å². The lowest BCUT2D eigenvalue weighted by atomic mass is 9.42. The maximum atomic E-state index is 12.0. The zero-order valence-corrected chi connectivity index (χ0v) is 20.2. The van der Waals surface area contributed by atoms with E-state index in [-0.39, 0.29) is 23.2 Å². The van der Waals surface area contributed by atoms with Crippen LogP contribution in [0.1, 0.15) is 79.6 Å². The molecule has 0 aromatic heterocycles. The Hall–Kier alpha value is -0.600. The molecule has 174 valence electrons. The fourth-order valence-corrected chi connectivity index (χ4v) is 9.53. The molecule has 5 fully saturated rings. The standard InChI is InChI=1S/C27H42O4/c1-18-15-26(30-13-14-31-26)16-19-7-8-20-21(25(18,19)5)9-11-24(4)22(20)17-23(2,3)27(24,29)10-6-12-28/h18-22,28-29H,7-9,11-17H2,1-5H3/t18-,19-,20+,21-,22-,24-,25-,27+/m0/s1. The number of hydrogen-bond acceptors (Lipinski definition) is 4. The lowest BCUT2D eigenvalue weighted by Gasteiger charge is -2.64. The van der Waals surface area contributed by atoms with Gasteiger partial charge in [0.05, 0.1) is 13.2 Å². The van der Waals surface area contributed by atoms with E-state index in [0.717, 1.165) is 38.9 Å². The second-order valence-corrected chi connectivity index (χ2v) is 12.6. The summed E-state index contributed by atoms with van der Waals surface area (Å²) in [6, 6.07) is 0. The number of aliphatic hydroxyl groups excluding tert-OH is 1. The Balaban J connectivity index is 1.48. The first-order valence-electron chi connectivity index (χ1n) is 12.6. The number of ether oxygens (including phenoxy) is 2. The third kappa shape index (κ3) is 2.76. The number of aliphatic hydroxyl groups is 2. The zero-order chi connectivity index (χ0) is 22.3. The summed E-state index contributed by atoms with van der Waals surface area (Å²) in [6.45, 7) is 13.0. The normalized spacial score (nSPS) is 52.0. The van der Waals surface area contributed by atoms with Crippen LogP contribution in [0.4, 0.5) is 0 Å². The molecule has 1 aliphatic heterocycles. The Morgan fingerprint density at radius 3 is 2.32 bits per heavy atom. The molecule has 1 heterocycles. The summed E-state index contributed by atoms with van der Waals surface area (Å²) in [5.41, 5.74) is -1.20. The SMILES string of the molecule is C[C@H]1CC2(C[C@@H]3CC[C@@H]4[C@H](CC[C@@]5(C)[C@H]4CC(C)(C)[C@]5(O)C#CCO)[C@]31C)OCCO2. The van der Waals surface area contributed by atoms with Gasteiger partial charge in [-0.15, -0.1) is 0 Å². The van der Waals surface area contributed by atoms with Gasteiger partial charge in [0.15, 0.2) is 5.79 Å².